The predicted molar refractivity (Wildman–Crippen MR) is 180 cm³/mol. The number of thioether (sulfide) groups is 1. The third-order valence-electron chi connectivity index (χ3n) is 7.87. The molecule has 2 N–H and O–H groups in total. The van der Waals surface area contributed by atoms with Gasteiger partial charge in [-0.3, -0.25) is 19.0 Å². The molecule has 1 aromatic heterocycles. The number of fused-ring (bicyclic) bond motifs is 3. The zero-order valence-electron chi connectivity index (χ0n) is 24.9. The molecule has 8 heteroatoms. The van der Waals surface area contributed by atoms with Gasteiger partial charge in [0.15, 0.2) is 0 Å². The summed E-state index contributed by atoms with van der Waals surface area (Å²) in [7, 11) is 1.55. The molecule has 45 heavy (non-hydrogen) atoms. The van der Waals surface area contributed by atoms with E-state index in [9.17, 15) is 14.4 Å². The van der Waals surface area contributed by atoms with E-state index in [4.69, 9.17) is 4.74 Å². The van der Waals surface area contributed by atoms with Crippen LogP contribution >= 0.6 is 11.8 Å². The summed E-state index contributed by atoms with van der Waals surface area (Å²) in [6.45, 7) is 0. The number of nitrogens with one attached hydrogen (secondary N) is 2. The number of carbonyl (C=O) groups excluding carboxylic acids is 3. The van der Waals surface area contributed by atoms with Gasteiger partial charge in [0.25, 0.3) is 11.8 Å². The summed E-state index contributed by atoms with van der Waals surface area (Å²) >= 11 is 1.47. The first-order valence-corrected chi connectivity index (χ1v) is 15.9. The monoisotopic (exact) mass is 615 g/mol. The second kappa shape index (κ2) is 13.7. The lowest BCUT2D eigenvalue weighted by Crippen LogP contribution is -2.30. The molecular weight excluding hydrogens is 582 g/mol. The first-order valence-electron chi connectivity index (χ1n) is 14.9. The third-order valence-corrected chi connectivity index (χ3v) is 8.87. The SMILES string of the molecule is COc1ccccc1/C=C(\NC(=O)c1ccccc1)C(=O)Nc1ccc(SCC(=O)n2c3c(c4ccccc42)CCCC3)cc1. The average Bonchev–Trinajstić information content (AvgIpc) is 3.42. The van der Waals surface area contributed by atoms with Gasteiger partial charge in [-0.25, -0.2) is 0 Å². The standard InChI is InChI=1S/C37H33N3O4S/c1-44-34-18-10-5-13-26(34)23-31(39-36(42)25-11-3-2-4-12-25)37(43)38-27-19-21-28(22-20-27)45-24-35(41)40-32-16-8-6-14-29(32)30-15-7-9-17-33(30)40/h2-6,8,10-14,16,18-23H,7,9,15,17,24H2,1H3,(H,38,43)(H,39,42)/b31-23-. The lowest BCUT2D eigenvalue weighted by molar-refractivity contribution is -0.113. The number of methoxy groups -OCH3 is 1. The zero-order chi connectivity index (χ0) is 31.2. The van der Waals surface area contributed by atoms with Crippen LogP contribution in [0.3, 0.4) is 0 Å². The summed E-state index contributed by atoms with van der Waals surface area (Å²) < 4.78 is 7.36. The maximum absolute atomic E-state index is 13.5. The molecule has 1 aliphatic carbocycles. The zero-order valence-corrected chi connectivity index (χ0v) is 25.7. The second-order valence-electron chi connectivity index (χ2n) is 10.8. The summed E-state index contributed by atoms with van der Waals surface area (Å²) in [6.07, 6.45) is 5.79. The van der Waals surface area contributed by atoms with Crippen molar-refractivity contribution in [1.82, 2.24) is 9.88 Å². The fourth-order valence-corrected chi connectivity index (χ4v) is 6.45. The largest absolute Gasteiger partial charge is 0.496 e. The van der Waals surface area contributed by atoms with Crippen molar-refractivity contribution in [2.24, 2.45) is 0 Å². The van der Waals surface area contributed by atoms with Crippen LogP contribution in [-0.2, 0) is 17.6 Å². The highest BCUT2D eigenvalue weighted by atomic mass is 32.2. The van der Waals surface area contributed by atoms with Crippen molar-refractivity contribution < 1.29 is 19.1 Å². The number of rotatable bonds is 9. The molecule has 0 aliphatic heterocycles. The number of hydrogen-bond donors (Lipinski definition) is 2. The van der Waals surface area contributed by atoms with Gasteiger partial charge >= 0.3 is 0 Å². The van der Waals surface area contributed by atoms with Crippen LogP contribution in [0.15, 0.2) is 114 Å². The Morgan fingerprint density at radius 1 is 0.844 bits per heavy atom. The van der Waals surface area contributed by atoms with Crippen molar-refractivity contribution >= 4 is 52.1 Å². The Labute approximate surface area is 266 Å². The van der Waals surface area contributed by atoms with Gasteiger partial charge in [-0.15, -0.1) is 11.8 Å². The van der Waals surface area contributed by atoms with Crippen molar-refractivity contribution in [1.29, 1.82) is 0 Å². The van der Waals surface area contributed by atoms with Gasteiger partial charge in [-0.05, 0) is 85.9 Å². The molecule has 5 aromatic rings. The molecule has 1 aliphatic rings. The summed E-state index contributed by atoms with van der Waals surface area (Å²) in [5.41, 5.74) is 5.16. The van der Waals surface area contributed by atoms with E-state index in [0.29, 0.717) is 28.3 Å². The van der Waals surface area contributed by atoms with Crippen LogP contribution in [0.2, 0.25) is 0 Å². The molecule has 0 atom stereocenters. The summed E-state index contributed by atoms with van der Waals surface area (Å²) in [4.78, 5) is 40.8. The predicted octanol–water partition coefficient (Wildman–Crippen LogP) is 7.37. The minimum Gasteiger partial charge on any atom is -0.496 e. The van der Waals surface area contributed by atoms with Crippen LogP contribution in [0.5, 0.6) is 5.75 Å². The number of carbonyl (C=O) groups is 3. The quantitative estimate of drug-likeness (QED) is 0.134. The van der Waals surface area contributed by atoms with Crippen LogP contribution in [-0.4, -0.2) is 35.2 Å². The van der Waals surface area contributed by atoms with Gasteiger partial charge in [-0.2, -0.15) is 0 Å². The Morgan fingerprint density at radius 2 is 1.56 bits per heavy atom. The Balaban J connectivity index is 1.16. The summed E-state index contributed by atoms with van der Waals surface area (Å²) in [5, 5.41) is 6.82. The third kappa shape index (κ3) is 6.71. The van der Waals surface area contributed by atoms with E-state index in [1.165, 1.54) is 22.7 Å². The van der Waals surface area contributed by atoms with E-state index in [2.05, 4.69) is 16.7 Å². The number of amides is 2. The van der Waals surface area contributed by atoms with Crippen LogP contribution in [0.1, 0.15) is 44.8 Å². The van der Waals surface area contributed by atoms with E-state index in [0.717, 1.165) is 41.8 Å². The highest BCUT2D eigenvalue weighted by Crippen LogP contribution is 2.33. The average molecular weight is 616 g/mol. The summed E-state index contributed by atoms with van der Waals surface area (Å²) in [6, 6.07) is 31.5. The van der Waals surface area contributed by atoms with E-state index in [1.807, 2.05) is 53.1 Å². The van der Waals surface area contributed by atoms with E-state index >= 15 is 0 Å². The molecule has 6 rings (SSSR count). The molecule has 0 radical (unpaired) electrons. The maximum atomic E-state index is 13.5. The van der Waals surface area contributed by atoms with Crippen molar-refractivity contribution in [3.05, 3.63) is 131 Å². The number of ether oxygens (including phenoxy) is 1. The number of nitrogens with zero attached hydrogens (tertiary/aromatic N) is 1. The molecule has 0 saturated carbocycles. The number of aryl methyl sites for hydroxylation is 1. The lowest BCUT2D eigenvalue weighted by atomic mass is 9.96. The Morgan fingerprint density at radius 3 is 2.36 bits per heavy atom. The van der Waals surface area contributed by atoms with Crippen LogP contribution in [0.4, 0.5) is 5.69 Å². The lowest BCUT2D eigenvalue weighted by Gasteiger charge is -2.15. The smallest absolute Gasteiger partial charge is 0.272 e. The Kier molecular flexibility index (Phi) is 9.12. The van der Waals surface area contributed by atoms with Gasteiger partial charge in [0.1, 0.15) is 11.4 Å². The van der Waals surface area contributed by atoms with Gasteiger partial charge in [0.05, 0.1) is 18.4 Å². The van der Waals surface area contributed by atoms with Gasteiger partial charge < -0.3 is 15.4 Å². The van der Waals surface area contributed by atoms with E-state index < -0.39 is 11.8 Å². The number of benzene rings is 4. The van der Waals surface area contributed by atoms with Crippen LogP contribution < -0.4 is 15.4 Å². The molecule has 0 spiro atoms. The Bertz CT molecular complexity index is 1890. The van der Waals surface area contributed by atoms with Crippen molar-refractivity contribution in [2.75, 3.05) is 18.2 Å². The van der Waals surface area contributed by atoms with E-state index in [-0.39, 0.29) is 11.6 Å². The minimum absolute atomic E-state index is 0.0667. The second-order valence-corrected chi connectivity index (χ2v) is 11.8. The molecule has 0 fully saturated rings. The number of anilines is 1. The van der Waals surface area contributed by atoms with Crippen LogP contribution in [0.25, 0.3) is 17.0 Å². The molecule has 7 nitrogen and oxygen atoms in total. The Hall–Kier alpha value is -5.08. The molecule has 2 amide bonds. The molecule has 4 aromatic carbocycles. The molecular formula is C37H33N3O4S. The molecule has 0 unspecified atom stereocenters. The van der Waals surface area contributed by atoms with E-state index in [1.54, 1.807) is 61.7 Å². The molecule has 1 heterocycles. The van der Waals surface area contributed by atoms with Crippen molar-refractivity contribution in [2.45, 2.75) is 30.6 Å². The van der Waals surface area contributed by atoms with Gasteiger partial charge in [-0.1, -0.05) is 54.6 Å². The van der Waals surface area contributed by atoms with Crippen molar-refractivity contribution in [3.8, 4) is 5.75 Å². The van der Waals surface area contributed by atoms with Crippen molar-refractivity contribution in [3.63, 3.8) is 0 Å². The minimum atomic E-state index is -0.481. The maximum Gasteiger partial charge on any atom is 0.272 e. The first kappa shape index (κ1) is 30.0. The molecule has 0 bridgehead atoms. The molecule has 226 valence electrons. The first-order chi connectivity index (χ1) is 22.0. The number of para-hydroxylation sites is 2. The fraction of sp³-hybridized carbons (Fsp3) is 0.162. The highest BCUT2D eigenvalue weighted by molar-refractivity contribution is 8.00. The number of hydrogen-bond acceptors (Lipinski definition) is 5. The topological polar surface area (TPSA) is 89.4 Å². The summed E-state index contributed by atoms with van der Waals surface area (Å²) in [5.74, 6) is 0.0527. The van der Waals surface area contributed by atoms with Crippen LogP contribution in [0, 0.1) is 0 Å². The fourth-order valence-electron chi connectivity index (χ4n) is 5.71. The van der Waals surface area contributed by atoms with Gasteiger partial charge in [0, 0.05) is 32.8 Å². The highest BCUT2D eigenvalue weighted by Gasteiger charge is 2.23. The number of aromatic nitrogens is 1. The van der Waals surface area contributed by atoms with Gasteiger partial charge in [0.2, 0.25) is 5.91 Å². The normalized spacial score (nSPS) is 12.8. The molecule has 0 saturated heterocycles.